The van der Waals surface area contributed by atoms with Crippen LogP contribution in [0, 0.1) is 29.6 Å². The zero-order chi connectivity index (χ0) is 19.8. The molecule has 142 valence electrons. The van der Waals surface area contributed by atoms with Crippen molar-refractivity contribution in [2.75, 3.05) is 14.2 Å². The first-order valence-corrected chi connectivity index (χ1v) is 9.15. The molecule has 2 heterocycles. The number of epoxide rings is 1. The number of carbonyl (C=O) groups excluding carboxylic acids is 1. The van der Waals surface area contributed by atoms with Gasteiger partial charge in [0.1, 0.15) is 11.6 Å². The minimum Gasteiger partial charge on any atom is -0.370 e. The Bertz CT molecular complexity index is 1040. The summed E-state index contributed by atoms with van der Waals surface area (Å²) in [4.78, 5) is 17.0. The van der Waals surface area contributed by atoms with Crippen molar-refractivity contribution >= 4 is 11.5 Å². The van der Waals surface area contributed by atoms with E-state index in [1.54, 1.807) is 18.2 Å². The van der Waals surface area contributed by atoms with Gasteiger partial charge in [-0.3, -0.25) is 9.79 Å². The van der Waals surface area contributed by atoms with Gasteiger partial charge in [-0.25, -0.2) is 0 Å². The van der Waals surface area contributed by atoms with Crippen LogP contribution < -0.4 is 0 Å². The van der Waals surface area contributed by atoms with Crippen molar-refractivity contribution in [2.24, 2.45) is 10.9 Å². The second-order valence-corrected chi connectivity index (χ2v) is 7.66. The van der Waals surface area contributed by atoms with Gasteiger partial charge >= 0.3 is 0 Å². The third-order valence-electron chi connectivity index (χ3n) is 6.60. The smallest absolute Gasteiger partial charge is 0.216 e. The lowest BCUT2D eigenvalue weighted by molar-refractivity contribution is -0.310. The highest BCUT2D eigenvalue weighted by molar-refractivity contribution is 6.22. The lowest BCUT2D eigenvalue weighted by atomic mass is 9.55. The van der Waals surface area contributed by atoms with E-state index in [2.05, 4.69) is 23.7 Å². The lowest BCUT2D eigenvalue weighted by Gasteiger charge is -2.53. The van der Waals surface area contributed by atoms with E-state index in [0.29, 0.717) is 17.7 Å². The molecule has 2 fully saturated rings. The van der Waals surface area contributed by atoms with Gasteiger partial charge in [0.15, 0.2) is 11.4 Å². The highest BCUT2D eigenvalue weighted by Gasteiger charge is 2.92. The van der Waals surface area contributed by atoms with Crippen molar-refractivity contribution in [1.82, 2.24) is 0 Å². The van der Waals surface area contributed by atoms with Gasteiger partial charge in [0, 0.05) is 26.2 Å². The van der Waals surface area contributed by atoms with Gasteiger partial charge in [-0.05, 0) is 36.3 Å². The minimum absolute atomic E-state index is 0.135. The maximum Gasteiger partial charge on any atom is 0.216 e. The number of rotatable bonds is 2. The molecule has 0 aromatic heterocycles. The van der Waals surface area contributed by atoms with Gasteiger partial charge in [-0.1, -0.05) is 30.6 Å². The number of ether oxygens (including phenoxy) is 3. The molecule has 0 radical (unpaired) electrons. The van der Waals surface area contributed by atoms with Crippen molar-refractivity contribution in [3.8, 4) is 23.7 Å². The van der Waals surface area contributed by atoms with Gasteiger partial charge in [-0.2, -0.15) is 0 Å². The standard InChI is InChI=1S/C22H19NO5/c1-14-13-20(26-2,27-3)19(25)11-7-5-4-6-8-18-21(14)22(19,28-21)16-12-15(24)9-10-17(16)23-18/h4-5,9-10,12,14,18,25H,13H2,1-3H3/t14-,18+,19-,21-,22-/m0/s1. The summed E-state index contributed by atoms with van der Waals surface area (Å²) >= 11 is 0. The van der Waals surface area contributed by atoms with Gasteiger partial charge in [0.05, 0.1) is 5.71 Å². The second-order valence-electron chi connectivity index (χ2n) is 7.66. The molecule has 0 amide bonds. The summed E-state index contributed by atoms with van der Waals surface area (Å²) in [5.74, 6) is 10.1. The van der Waals surface area contributed by atoms with Crippen molar-refractivity contribution in [1.29, 1.82) is 0 Å². The number of carbonyl (C=O) groups is 1. The van der Waals surface area contributed by atoms with Crippen LogP contribution in [0.15, 0.2) is 40.9 Å². The van der Waals surface area contributed by atoms with E-state index in [1.807, 2.05) is 6.92 Å². The Hall–Kier alpha value is -2.48. The first kappa shape index (κ1) is 17.6. The van der Waals surface area contributed by atoms with Crippen LogP contribution in [0.3, 0.4) is 0 Å². The van der Waals surface area contributed by atoms with Gasteiger partial charge < -0.3 is 19.3 Å². The fourth-order valence-corrected chi connectivity index (χ4v) is 5.35. The minimum atomic E-state index is -1.88. The zero-order valence-electron chi connectivity index (χ0n) is 15.8. The third kappa shape index (κ3) is 1.67. The highest BCUT2D eigenvalue weighted by Crippen LogP contribution is 2.73. The number of methoxy groups -OCH3 is 2. The normalized spacial score (nSPS) is 43.2. The molecule has 5 atom stereocenters. The van der Waals surface area contributed by atoms with Crippen molar-refractivity contribution < 1.29 is 24.1 Å². The zero-order valence-corrected chi connectivity index (χ0v) is 15.8. The topological polar surface area (TPSA) is 80.7 Å². The predicted molar refractivity (Wildman–Crippen MR) is 100 cm³/mol. The first-order valence-electron chi connectivity index (χ1n) is 9.15. The molecular formula is C22H19NO5. The molecule has 5 aliphatic rings. The van der Waals surface area contributed by atoms with Crippen LogP contribution in [-0.2, 0) is 19.0 Å². The highest BCUT2D eigenvalue weighted by atomic mass is 16.7. The molecule has 0 aromatic carbocycles. The van der Waals surface area contributed by atoms with Crippen molar-refractivity contribution in [3.63, 3.8) is 0 Å². The average molecular weight is 377 g/mol. The number of aliphatic hydroxyl groups is 1. The molecule has 0 spiro atoms. The Balaban J connectivity index is 1.89. The van der Waals surface area contributed by atoms with Crippen LogP contribution in [0.1, 0.15) is 13.3 Å². The van der Waals surface area contributed by atoms with E-state index in [0.717, 1.165) is 0 Å². The fraction of sp³-hybridized carbons (Fsp3) is 0.455. The summed E-state index contributed by atoms with van der Waals surface area (Å²) in [5, 5.41) is 12.1. The van der Waals surface area contributed by atoms with Crippen molar-refractivity contribution in [3.05, 3.63) is 36.0 Å². The summed E-state index contributed by atoms with van der Waals surface area (Å²) in [7, 11) is 2.96. The van der Waals surface area contributed by atoms with Crippen LogP contribution in [0.2, 0.25) is 0 Å². The van der Waals surface area contributed by atoms with Crippen LogP contribution >= 0.6 is 0 Å². The van der Waals surface area contributed by atoms with Gasteiger partial charge in [0.25, 0.3) is 0 Å². The molecule has 28 heavy (non-hydrogen) atoms. The molecule has 1 saturated heterocycles. The molecule has 2 aliphatic heterocycles. The Labute approximate surface area is 162 Å². The number of ketones is 1. The monoisotopic (exact) mass is 377 g/mol. The summed E-state index contributed by atoms with van der Waals surface area (Å²) in [6, 6.07) is -0.518. The molecule has 6 heteroatoms. The number of fused-ring (bicyclic) bond motifs is 1. The fourth-order valence-electron chi connectivity index (χ4n) is 5.35. The number of allylic oxidation sites excluding steroid dienone is 5. The Morgan fingerprint density at radius 1 is 1.25 bits per heavy atom. The molecule has 4 bridgehead atoms. The molecular weight excluding hydrogens is 358 g/mol. The Morgan fingerprint density at radius 2 is 2.00 bits per heavy atom. The maximum absolute atomic E-state index is 12.2. The van der Waals surface area contributed by atoms with Crippen LogP contribution in [0.5, 0.6) is 0 Å². The molecule has 1 N–H and O–H groups in total. The quantitative estimate of drug-likeness (QED) is 0.332. The van der Waals surface area contributed by atoms with E-state index < -0.39 is 28.6 Å². The summed E-state index contributed by atoms with van der Waals surface area (Å²) in [5.41, 5.74) is -3.07. The summed E-state index contributed by atoms with van der Waals surface area (Å²) < 4.78 is 18.0. The summed E-state index contributed by atoms with van der Waals surface area (Å²) in [6.45, 7) is 2.00. The van der Waals surface area contributed by atoms with Crippen LogP contribution in [0.25, 0.3) is 0 Å². The molecule has 3 aliphatic carbocycles. The maximum atomic E-state index is 12.2. The third-order valence-corrected chi connectivity index (χ3v) is 6.60. The lowest BCUT2D eigenvalue weighted by Crippen LogP contribution is -2.73. The van der Waals surface area contributed by atoms with E-state index in [9.17, 15) is 9.90 Å². The SMILES string of the molecule is COC1(OC)C[C@H](C)[C@@]23O[C@]24C2=CC(=O)C=CC2=N[C@@H]3C#CC=CC#C[C@]14O. The Morgan fingerprint density at radius 3 is 2.75 bits per heavy atom. The summed E-state index contributed by atoms with van der Waals surface area (Å²) in [6.07, 6.45) is 8.06. The largest absolute Gasteiger partial charge is 0.370 e. The number of hydrogen-bond acceptors (Lipinski definition) is 6. The second kappa shape index (κ2) is 5.31. The number of nitrogens with zero attached hydrogens (tertiary/aromatic N) is 1. The molecule has 5 rings (SSSR count). The van der Waals surface area contributed by atoms with Crippen LogP contribution in [0.4, 0.5) is 0 Å². The molecule has 0 unspecified atom stereocenters. The van der Waals surface area contributed by atoms with Gasteiger partial charge in [0.2, 0.25) is 11.4 Å². The van der Waals surface area contributed by atoms with E-state index in [-0.39, 0.29) is 11.7 Å². The van der Waals surface area contributed by atoms with Crippen molar-refractivity contribution in [2.45, 2.75) is 42.0 Å². The molecule has 6 nitrogen and oxygen atoms in total. The number of hydrogen-bond donors (Lipinski definition) is 1. The van der Waals surface area contributed by atoms with E-state index >= 15 is 0 Å². The molecule has 0 aromatic rings. The van der Waals surface area contributed by atoms with E-state index in [4.69, 9.17) is 19.2 Å². The van der Waals surface area contributed by atoms with Gasteiger partial charge in [-0.15, -0.1) is 0 Å². The first-order chi connectivity index (χ1) is 13.4. The predicted octanol–water partition coefficient (Wildman–Crippen LogP) is 0.719. The average Bonchev–Trinajstić information content (AvgIpc) is 3.42. The number of aliphatic imine (C=N–C) groups is 1. The Kier molecular flexibility index (Phi) is 3.34. The molecule has 1 saturated carbocycles. The van der Waals surface area contributed by atoms with E-state index in [1.165, 1.54) is 26.4 Å². The van der Waals surface area contributed by atoms with Crippen LogP contribution in [-0.4, -0.2) is 59.5 Å².